The fraction of sp³-hybridized carbons (Fsp3) is 0.355. The number of thioether (sulfide) groups is 1. The van der Waals surface area contributed by atoms with Gasteiger partial charge in [-0.1, -0.05) is 68.3 Å². The van der Waals surface area contributed by atoms with Crippen molar-refractivity contribution in [2.45, 2.75) is 49.8 Å². The molecule has 4 rings (SSSR count). The molecular formula is C31H35ClFN3O2S. The quantitative estimate of drug-likeness (QED) is 0.241. The van der Waals surface area contributed by atoms with E-state index in [9.17, 15) is 14.0 Å². The SMILES string of the molecule is CCCCN(CCCNC(=O)[C@@H](C)[C@@H]1Sc2ccccc2N(Cc2ccc(F)cc2Cl)C1=O)c1ccccc1. The summed E-state index contributed by atoms with van der Waals surface area (Å²) in [5.41, 5.74) is 2.61. The first-order valence-electron chi connectivity index (χ1n) is 13.5. The second kappa shape index (κ2) is 13.9. The number of para-hydroxylation sites is 2. The number of halogens is 2. The number of nitrogens with zero attached hydrogens (tertiary/aromatic N) is 2. The van der Waals surface area contributed by atoms with Crippen LogP contribution in [0.25, 0.3) is 0 Å². The van der Waals surface area contributed by atoms with Crippen molar-refractivity contribution in [3.8, 4) is 0 Å². The van der Waals surface area contributed by atoms with Gasteiger partial charge < -0.3 is 15.1 Å². The average Bonchev–Trinajstić information content (AvgIpc) is 2.95. The summed E-state index contributed by atoms with van der Waals surface area (Å²) >= 11 is 7.70. The molecule has 0 saturated carbocycles. The van der Waals surface area contributed by atoms with Crippen molar-refractivity contribution in [1.82, 2.24) is 5.32 Å². The van der Waals surface area contributed by atoms with Crippen molar-refractivity contribution in [2.75, 3.05) is 29.4 Å². The smallest absolute Gasteiger partial charge is 0.241 e. The Morgan fingerprint density at radius 3 is 2.54 bits per heavy atom. The van der Waals surface area contributed by atoms with Crippen LogP contribution in [0.15, 0.2) is 77.7 Å². The van der Waals surface area contributed by atoms with E-state index in [1.807, 2.05) is 42.5 Å². The Morgan fingerprint density at radius 2 is 1.79 bits per heavy atom. The number of fused-ring (bicyclic) bond motifs is 1. The van der Waals surface area contributed by atoms with Crippen LogP contribution in [-0.2, 0) is 16.1 Å². The van der Waals surface area contributed by atoms with E-state index in [1.54, 1.807) is 17.9 Å². The van der Waals surface area contributed by atoms with Gasteiger partial charge in [-0.2, -0.15) is 0 Å². The van der Waals surface area contributed by atoms with E-state index in [-0.39, 0.29) is 23.4 Å². The van der Waals surface area contributed by atoms with Crippen LogP contribution in [0, 0.1) is 11.7 Å². The summed E-state index contributed by atoms with van der Waals surface area (Å²) in [6.45, 7) is 6.55. The molecule has 0 aliphatic carbocycles. The Bertz CT molecular complexity index is 1280. The third-order valence-electron chi connectivity index (χ3n) is 6.94. The molecule has 0 saturated heterocycles. The molecule has 1 aliphatic heterocycles. The number of benzene rings is 3. The van der Waals surface area contributed by atoms with Gasteiger partial charge in [0.05, 0.1) is 18.2 Å². The van der Waals surface area contributed by atoms with Crippen molar-refractivity contribution >= 4 is 46.6 Å². The molecule has 5 nitrogen and oxygen atoms in total. The summed E-state index contributed by atoms with van der Waals surface area (Å²) in [7, 11) is 0. The van der Waals surface area contributed by atoms with Gasteiger partial charge in [-0.3, -0.25) is 9.59 Å². The normalized spacial score (nSPS) is 15.5. The lowest BCUT2D eigenvalue weighted by Gasteiger charge is -2.36. The summed E-state index contributed by atoms with van der Waals surface area (Å²) in [6, 6.07) is 22.2. The van der Waals surface area contributed by atoms with Crippen LogP contribution in [0.3, 0.4) is 0 Å². The van der Waals surface area contributed by atoms with Crippen LogP contribution in [-0.4, -0.2) is 36.7 Å². The van der Waals surface area contributed by atoms with Crippen molar-refractivity contribution in [2.24, 2.45) is 5.92 Å². The van der Waals surface area contributed by atoms with E-state index in [4.69, 9.17) is 11.6 Å². The number of hydrogen-bond acceptors (Lipinski definition) is 4. The molecule has 3 aromatic carbocycles. The highest BCUT2D eigenvalue weighted by molar-refractivity contribution is 8.01. The maximum Gasteiger partial charge on any atom is 0.241 e. The summed E-state index contributed by atoms with van der Waals surface area (Å²) in [4.78, 5) is 31.8. The number of unbranched alkanes of at least 4 members (excludes halogenated alkanes) is 1. The summed E-state index contributed by atoms with van der Waals surface area (Å²) in [6.07, 6.45) is 3.04. The van der Waals surface area contributed by atoms with E-state index in [2.05, 4.69) is 29.3 Å². The van der Waals surface area contributed by atoms with Crippen molar-refractivity contribution < 1.29 is 14.0 Å². The number of hydrogen-bond donors (Lipinski definition) is 1. The lowest BCUT2D eigenvalue weighted by atomic mass is 10.0. The number of carbonyl (C=O) groups excluding carboxylic acids is 2. The highest BCUT2D eigenvalue weighted by Gasteiger charge is 2.39. The Kier molecular flexibility index (Phi) is 10.3. The minimum absolute atomic E-state index is 0.139. The van der Waals surface area contributed by atoms with Gasteiger partial charge in [0.2, 0.25) is 11.8 Å². The molecule has 0 fully saturated rings. The van der Waals surface area contributed by atoms with Crippen LogP contribution in [0.5, 0.6) is 0 Å². The van der Waals surface area contributed by atoms with E-state index in [0.29, 0.717) is 12.1 Å². The topological polar surface area (TPSA) is 52.7 Å². The second-order valence-electron chi connectivity index (χ2n) is 9.78. The zero-order chi connectivity index (χ0) is 27.8. The molecule has 0 bridgehead atoms. The predicted octanol–water partition coefficient (Wildman–Crippen LogP) is 6.94. The highest BCUT2D eigenvalue weighted by atomic mass is 35.5. The molecule has 39 heavy (non-hydrogen) atoms. The van der Waals surface area contributed by atoms with Crippen molar-refractivity contribution in [3.63, 3.8) is 0 Å². The largest absolute Gasteiger partial charge is 0.371 e. The fourth-order valence-electron chi connectivity index (χ4n) is 4.68. The zero-order valence-electron chi connectivity index (χ0n) is 22.4. The predicted molar refractivity (Wildman–Crippen MR) is 159 cm³/mol. The average molecular weight is 568 g/mol. The molecule has 3 aromatic rings. The first kappa shape index (κ1) is 29.0. The molecule has 0 spiro atoms. The third-order valence-corrected chi connectivity index (χ3v) is 8.75. The molecule has 8 heteroatoms. The summed E-state index contributed by atoms with van der Waals surface area (Å²) < 4.78 is 13.6. The molecule has 1 aliphatic rings. The highest BCUT2D eigenvalue weighted by Crippen LogP contribution is 2.42. The molecule has 2 amide bonds. The van der Waals surface area contributed by atoms with E-state index in [0.717, 1.165) is 42.9 Å². The molecule has 0 aromatic heterocycles. The van der Waals surface area contributed by atoms with Crippen molar-refractivity contribution in [1.29, 1.82) is 0 Å². The van der Waals surface area contributed by atoms with E-state index < -0.39 is 17.0 Å². The molecular weight excluding hydrogens is 533 g/mol. The lowest BCUT2D eigenvalue weighted by Crippen LogP contribution is -2.47. The zero-order valence-corrected chi connectivity index (χ0v) is 24.0. The molecule has 0 unspecified atom stereocenters. The van der Waals surface area contributed by atoms with Gasteiger partial charge in [-0.15, -0.1) is 11.8 Å². The maximum atomic E-state index is 13.7. The van der Waals surface area contributed by atoms with Crippen molar-refractivity contribution in [3.05, 3.63) is 89.2 Å². The van der Waals surface area contributed by atoms with Gasteiger partial charge in [-0.25, -0.2) is 4.39 Å². The van der Waals surface area contributed by atoms with Gasteiger partial charge in [0.25, 0.3) is 0 Å². The molecule has 1 heterocycles. The number of nitrogens with one attached hydrogen (secondary N) is 1. The van der Waals surface area contributed by atoms with Gasteiger partial charge in [0.15, 0.2) is 0 Å². The van der Waals surface area contributed by atoms with Gasteiger partial charge in [0.1, 0.15) is 11.1 Å². The Hall–Kier alpha value is -3.03. The van der Waals surface area contributed by atoms with Crippen LogP contribution in [0.4, 0.5) is 15.8 Å². The number of amides is 2. The first-order valence-corrected chi connectivity index (χ1v) is 14.7. The van der Waals surface area contributed by atoms with Crippen LogP contribution >= 0.6 is 23.4 Å². The molecule has 2 atom stereocenters. The monoisotopic (exact) mass is 567 g/mol. The summed E-state index contributed by atoms with van der Waals surface area (Å²) in [5.74, 6) is -1.26. The van der Waals surface area contributed by atoms with Crippen LogP contribution in [0.2, 0.25) is 5.02 Å². The Labute approximate surface area is 239 Å². The number of anilines is 2. The fourth-order valence-corrected chi connectivity index (χ4v) is 6.19. The Balaban J connectivity index is 1.39. The van der Waals surface area contributed by atoms with E-state index in [1.165, 1.54) is 29.6 Å². The third kappa shape index (κ3) is 7.34. The van der Waals surface area contributed by atoms with Gasteiger partial charge >= 0.3 is 0 Å². The van der Waals surface area contributed by atoms with Gasteiger partial charge in [-0.05, 0) is 54.8 Å². The van der Waals surface area contributed by atoms with Gasteiger partial charge in [0, 0.05) is 35.2 Å². The minimum Gasteiger partial charge on any atom is -0.371 e. The summed E-state index contributed by atoms with van der Waals surface area (Å²) in [5, 5.41) is 2.74. The van der Waals surface area contributed by atoms with E-state index >= 15 is 0 Å². The molecule has 1 N–H and O–H groups in total. The maximum absolute atomic E-state index is 13.7. The van der Waals surface area contributed by atoms with Crippen LogP contribution < -0.4 is 15.1 Å². The standard InChI is InChI=1S/C31H35ClFN3O2S/c1-3-4-18-35(25-11-6-5-7-12-25)19-10-17-34-30(37)22(2)29-31(38)36(27-13-8-9-14-28(27)39-29)21-23-15-16-24(33)20-26(23)32/h5-9,11-16,20,22,29H,3-4,10,17-19,21H2,1-2H3,(H,34,37)/t22-,29-/m0/s1. The number of carbonyl (C=O) groups is 2. The molecule has 0 radical (unpaired) electrons. The first-order chi connectivity index (χ1) is 18.9. The van der Waals surface area contributed by atoms with Crippen LogP contribution in [0.1, 0.15) is 38.7 Å². The molecule has 206 valence electrons. The Morgan fingerprint density at radius 1 is 1.08 bits per heavy atom. The minimum atomic E-state index is -0.579. The lowest BCUT2D eigenvalue weighted by molar-refractivity contribution is -0.128. The second-order valence-corrected chi connectivity index (χ2v) is 11.4. The number of rotatable bonds is 12.